The quantitative estimate of drug-likeness (QED) is 0.593. The van der Waals surface area contributed by atoms with Gasteiger partial charge in [0.2, 0.25) is 0 Å². The van der Waals surface area contributed by atoms with Crippen LogP contribution >= 0.6 is 0 Å². The highest BCUT2D eigenvalue weighted by Gasteiger charge is 2.42. The third-order valence-electron chi connectivity index (χ3n) is 3.09. The Kier molecular flexibility index (Phi) is 6.37. The predicted molar refractivity (Wildman–Crippen MR) is 62.4 cm³/mol. The molecule has 0 aromatic heterocycles. The molecule has 0 radical (unpaired) electrons. The molecule has 0 spiro atoms. The number of hydrogen-bond acceptors (Lipinski definition) is 5. The van der Waals surface area contributed by atoms with E-state index in [0.29, 0.717) is 6.61 Å². The van der Waals surface area contributed by atoms with Gasteiger partial charge in [-0.3, -0.25) is 0 Å². The lowest BCUT2D eigenvalue weighted by Crippen LogP contribution is -2.57. The molecule has 1 rings (SSSR count). The van der Waals surface area contributed by atoms with Crippen molar-refractivity contribution < 1.29 is 24.8 Å². The zero-order valence-corrected chi connectivity index (χ0v) is 10.6. The smallest absolute Gasteiger partial charge is 0.186 e. The Bertz CT molecular complexity index is 211. The van der Waals surface area contributed by atoms with Crippen LogP contribution in [0.25, 0.3) is 0 Å². The van der Waals surface area contributed by atoms with Gasteiger partial charge in [0.15, 0.2) is 6.29 Å². The molecule has 17 heavy (non-hydrogen) atoms. The summed E-state index contributed by atoms with van der Waals surface area (Å²) in [6, 6.07) is 0. The van der Waals surface area contributed by atoms with Gasteiger partial charge in [-0.25, -0.2) is 0 Å². The van der Waals surface area contributed by atoms with E-state index < -0.39 is 30.7 Å². The molecule has 3 N–H and O–H groups in total. The number of unbranched alkanes of at least 4 members (excludes halogenated alkanes) is 3. The van der Waals surface area contributed by atoms with Crippen molar-refractivity contribution in [1.29, 1.82) is 0 Å². The van der Waals surface area contributed by atoms with E-state index in [2.05, 4.69) is 6.92 Å². The Morgan fingerprint density at radius 3 is 2.35 bits per heavy atom. The van der Waals surface area contributed by atoms with Crippen LogP contribution < -0.4 is 0 Å². The molecule has 5 heteroatoms. The fraction of sp³-hybridized carbons (Fsp3) is 1.00. The minimum Gasteiger partial charge on any atom is -0.388 e. The molecule has 0 aromatic carbocycles. The second-order valence-electron chi connectivity index (χ2n) is 4.61. The van der Waals surface area contributed by atoms with Crippen LogP contribution in [0.4, 0.5) is 0 Å². The van der Waals surface area contributed by atoms with Crippen molar-refractivity contribution in [2.45, 2.75) is 70.2 Å². The minimum atomic E-state index is -1.21. The maximum Gasteiger partial charge on any atom is 0.186 e. The zero-order valence-electron chi connectivity index (χ0n) is 10.6. The summed E-state index contributed by atoms with van der Waals surface area (Å²) in [5.74, 6) is 0. The number of rotatable bonds is 6. The third-order valence-corrected chi connectivity index (χ3v) is 3.09. The Labute approximate surface area is 102 Å². The molecule has 5 nitrogen and oxygen atoms in total. The van der Waals surface area contributed by atoms with Crippen molar-refractivity contribution in [2.24, 2.45) is 0 Å². The maximum absolute atomic E-state index is 9.67. The van der Waals surface area contributed by atoms with Gasteiger partial charge >= 0.3 is 0 Å². The molecule has 1 aliphatic heterocycles. The highest BCUT2D eigenvalue weighted by atomic mass is 16.7. The van der Waals surface area contributed by atoms with Gasteiger partial charge in [-0.1, -0.05) is 26.2 Å². The lowest BCUT2D eigenvalue weighted by Gasteiger charge is -2.38. The molecular formula is C12H24O5. The average molecular weight is 248 g/mol. The summed E-state index contributed by atoms with van der Waals surface area (Å²) in [5.41, 5.74) is 0. The molecule has 1 fully saturated rings. The second-order valence-corrected chi connectivity index (χ2v) is 4.61. The number of hydrogen-bond donors (Lipinski definition) is 3. The first-order valence-corrected chi connectivity index (χ1v) is 6.39. The first-order valence-electron chi connectivity index (χ1n) is 6.39. The third kappa shape index (κ3) is 4.19. The molecule has 1 saturated heterocycles. The second kappa shape index (κ2) is 7.28. The molecule has 0 amide bonds. The maximum atomic E-state index is 9.67. The number of aliphatic hydroxyl groups excluding tert-OH is 3. The Hall–Kier alpha value is -0.200. The van der Waals surface area contributed by atoms with Gasteiger partial charge in [0, 0.05) is 6.61 Å². The summed E-state index contributed by atoms with van der Waals surface area (Å²) in [6.45, 7) is 4.28. The van der Waals surface area contributed by atoms with Crippen LogP contribution in [0, 0.1) is 0 Å². The molecule has 1 heterocycles. The lowest BCUT2D eigenvalue weighted by atomic mass is 10.0. The molecular weight excluding hydrogens is 224 g/mol. The van der Waals surface area contributed by atoms with E-state index in [0.717, 1.165) is 25.7 Å². The van der Waals surface area contributed by atoms with Gasteiger partial charge in [-0.05, 0) is 13.3 Å². The van der Waals surface area contributed by atoms with Crippen molar-refractivity contribution in [3.05, 3.63) is 0 Å². The van der Waals surface area contributed by atoms with E-state index in [9.17, 15) is 15.3 Å². The normalized spacial score (nSPS) is 38.3. The van der Waals surface area contributed by atoms with Crippen molar-refractivity contribution in [2.75, 3.05) is 6.61 Å². The van der Waals surface area contributed by atoms with E-state index in [1.807, 2.05) is 0 Å². The largest absolute Gasteiger partial charge is 0.388 e. The monoisotopic (exact) mass is 248 g/mol. The fourth-order valence-electron chi connectivity index (χ4n) is 1.88. The van der Waals surface area contributed by atoms with Gasteiger partial charge in [0.05, 0.1) is 6.10 Å². The van der Waals surface area contributed by atoms with Gasteiger partial charge in [0.1, 0.15) is 18.3 Å². The summed E-state index contributed by atoms with van der Waals surface area (Å²) in [7, 11) is 0. The van der Waals surface area contributed by atoms with E-state index in [-0.39, 0.29) is 0 Å². The molecule has 0 unspecified atom stereocenters. The van der Waals surface area contributed by atoms with E-state index in [1.54, 1.807) is 6.92 Å². The van der Waals surface area contributed by atoms with Crippen LogP contribution in [-0.2, 0) is 9.47 Å². The molecule has 0 aliphatic carbocycles. The molecule has 1 aliphatic rings. The predicted octanol–water partition coefficient (Wildman–Crippen LogP) is 0.411. The van der Waals surface area contributed by atoms with Crippen LogP contribution in [0.5, 0.6) is 0 Å². The first kappa shape index (κ1) is 14.9. The topological polar surface area (TPSA) is 79.2 Å². The zero-order chi connectivity index (χ0) is 12.8. The van der Waals surface area contributed by atoms with Crippen molar-refractivity contribution >= 4 is 0 Å². The summed E-state index contributed by atoms with van der Waals surface area (Å²) >= 11 is 0. The lowest BCUT2D eigenvalue weighted by molar-refractivity contribution is -0.293. The highest BCUT2D eigenvalue weighted by Crippen LogP contribution is 2.21. The van der Waals surface area contributed by atoms with E-state index >= 15 is 0 Å². The van der Waals surface area contributed by atoms with Gasteiger partial charge in [0.25, 0.3) is 0 Å². The molecule has 0 aromatic rings. The number of aliphatic hydroxyl groups is 3. The summed E-state index contributed by atoms with van der Waals surface area (Å²) in [5, 5.41) is 28.7. The Balaban J connectivity index is 2.28. The van der Waals surface area contributed by atoms with Crippen LogP contribution in [0.2, 0.25) is 0 Å². The molecule has 0 saturated carbocycles. The molecule has 102 valence electrons. The van der Waals surface area contributed by atoms with Crippen LogP contribution in [0.3, 0.4) is 0 Å². The molecule has 5 atom stereocenters. The van der Waals surface area contributed by atoms with Crippen molar-refractivity contribution in [3.63, 3.8) is 0 Å². The molecule has 0 bridgehead atoms. The summed E-state index contributed by atoms with van der Waals surface area (Å²) in [4.78, 5) is 0. The van der Waals surface area contributed by atoms with Gasteiger partial charge in [-0.2, -0.15) is 0 Å². The summed E-state index contributed by atoms with van der Waals surface area (Å²) < 4.78 is 10.7. The van der Waals surface area contributed by atoms with E-state index in [1.165, 1.54) is 0 Å². The van der Waals surface area contributed by atoms with Crippen LogP contribution in [0.15, 0.2) is 0 Å². The Morgan fingerprint density at radius 2 is 1.71 bits per heavy atom. The van der Waals surface area contributed by atoms with Crippen LogP contribution in [0.1, 0.15) is 39.5 Å². The van der Waals surface area contributed by atoms with Gasteiger partial charge in [-0.15, -0.1) is 0 Å². The Morgan fingerprint density at radius 1 is 1.00 bits per heavy atom. The minimum absolute atomic E-state index is 0.497. The fourth-order valence-corrected chi connectivity index (χ4v) is 1.88. The van der Waals surface area contributed by atoms with Crippen LogP contribution in [-0.4, -0.2) is 52.6 Å². The van der Waals surface area contributed by atoms with Gasteiger partial charge < -0.3 is 24.8 Å². The van der Waals surface area contributed by atoms with Crippen molar-refractivity contribution in [3.8, 4) is 0 Å². The number of ether oxygens (including phenoxy) is 2. The van der Waals surface area contributed by atoms with Crippen molar-refractivity contribution in [1.82, 2.24) is 0 Å². The standard InChI is InChI=1S/C12H24O5/c1-3-4-5-6-7-16-12-11(15)10(14)9(13)8(2)17-12/h8-15H,3-7H2,1-2H3/t8-,9-,10+,11+,12+/m0/s1. The van der Waals surface area contributed by atoms with E-state index in [4.69, 9.17) is 9.47 Å². The first-order chi connectivity index (χ1) is 8.07. The SMILES string of the molecule is CCCCCCO[C@@H]1O[C@@H](C)[C@H](O)[C@@H](O)[C@H]1O. The summed E-state index contributed by atoms with van der Waals surface area (Å²) in [6.07, 6.45) is -0.525. The average Bonchev–Trinajstić information content (AvgIpc) is 2.32. The highest BCUT2D eigenvalue weighted by molar-refractivity contribution is 4.87.